The van der Waals surface area contributed by atoms with E-state index in [4.69, 9.17) is 4.74 Å². The highest BCUT2D eigenvalue weighted by atomic mass is 16.5. The third-order valence-electron chi connectivity index (χ3n) is 9.82. The number of anilines is 2. The Kier molecular flexibility index (Phi) is 20.2. The summed E-state index contributed by atoms with van der Waals surface area (Å²) in [5, 5.41) is 31.9. The summed E-state index contributed by atoms with van der Waals surface area (Å²) in [7, 11) is 0. The molecule has 51 heavy (non-hydrogen) atoms. The second-order valence-corrected chi connectivity index (χ2v) is 13.7. The molecule has 0 fully saturated rings. The second-order valence-electron chi connectivity index (χ2n) is 13.7. The van der Waals surface area contributed by atoms with Crippen molar-refractivity contribution >= 4 is 34.6 Å². The number of nitrogens with one attached hydrogen (secondary N) is 1. The van der Waals surface area contributed by atoms with E-state index >= 15 is 0 Å². The Labute approximate surface area is 307 Å². The molecule has 0 saturated carbocycles. The lowest BCUT2D eigenvalue weighted by Crippen LogP contribution is -2.34. The first-order valence-electron chi connectivity index (χ1n) is 19.5. The fourth-order valence-electron chi connectivity index (χ4n) is 6.20. The van der Waals surface area contributed by atoms with Crippen molar-refractivity contribution < 1.29 is 14.3 Å². The van der Waals surface area contributed by atoms with E-state index in [1.165, 1.54) is 50.7 Å². The number of carbonyl (C=O) groups is 2. The number of unbranched alkanes of at least 4 members (excludes halogenated alkanes) is 3. The first-order valence-corrected chi connectivity index (χ1v) is 19.5. The number of carbonyl (C=O) groups excluding carboxylic acids is 2. The monoisotopic (exact) mass is 698 g/mol. The standard InChI is InChI=1S/C42H62N6O3/c1-8-15-18-31(11-4)28-48(29-32(12-5)19-16-9-2)37-21-22-38(39(25-37)45-40(49)14-7)46-47-41-35(26-43)23-34(24-36(41)27-44)42(50)51-30-33(13-6)20-17-10-3/h21-25,31-33H,8-20,28-30H2,1-7H3,(H,45,49). The van der Waals surface area contributed by atoms with Crippen LogP contribution in [-0.4, -0.2) is 31.6 Å². The normalized spacial score (nSPS) is 12.9. The molecule has 0 bridgehead atoms. The maximum absolute atomic E-state index is 13.0. The number of esters is 1. The molecule has 0 heterocycles. The second kappa shape index (κ2) is 24.0. The Balaban J connectivity index is 2.52. The molecule has 3 atom stereocenters. The highest BCUT2D eigenvalue weighted by Gasteiger charge is 2.21. The maximum atomic E-state index is 13.0. The molecular weight excluding hydrogens is 637 g/mol. The number of rotatable bonds is 24. The summed E-state index contributed by atoms with van der Waals surface area (Å²) in [6, 6.07) is 12.8. The Hall–Kier alpha value is -4.24. The van der Waals surface area contributed by atoms with Gasteiger partial charge in [-0.05, 0) is 67.3 Å². The molecule has 2 rings (SSSR count). The Morgan fingerprint density at radius 2 is 1.29 bits per heavy atom. The van der Waals surface area contributed by atoms with Gasteiger partial charge in [-0.3, -0.25) is 4.79 Å². The van der Waals surface area contributed by atoms with Crippen LogP contribution in [0.5, 0.6) is 0 Å². The molecule has 2 aromatic rings. The smallest absolute Gasteiger partial charge is 0.338 e. The number of azo groups is 1. The molecule has 0 saturated heterocycles. The van der Waals surface area contributed by atoms with Crippen LogP contribution in [0.3, 0.4) is 0 Å². The maximum Gasteiger partial charge on any atom is 0.338 e. The third-order valence-corrected chi connectivity index (χ3v) is 9.82. The first kappa shape index (κ1) is 42.9. The average Bonchev–Trinajstić information content (AvgIpc) is 3.16. The van der Waals surface area contributed by atoms with E-state index < -0.39 is 5.97 Å². The summed E-state index contributed by atoms with van der Waals surface area (Å²) in [5.41, 5.74) is 2.21. The lowest BCUT2D eigenvalue weighted by atomic mass is 9.95. The van der Waals surface area contributed by atoms with E-state index in [0.29, 0.717) is 29.6 Å². The molecular formula is C42H62N6O3. The average molecular weight is 699 g/mol. The Bertz CT molecular complexity index is 1440. The highest BCUT2D eigenvalue weighted by molar-refractivity contribution is 5.94. The van der Waals surface area contributed by atoms with Gasteiger partial charge >= 0.3 is 5.97 Å². The number of amides is 1. The van der Waals surface area contributed by atoms with Gasteiger partial charge < -0.3 is 15.0 Å². The Morgan fingerprint density at radius 1 is 0.765 bits per heavy atom. The van der Waals surface area contributed by atoms with E-state index in [0.717, 1.165) is 57.3 Å². The van der Waals surface area contributed by atoms with Gasteiger partial charge in [0.25, 0.3) is 0 Å². The van der Waals surface area contributed by atoms with Crippen LogP contribution in [0.4, 0.5) is 22.7 Å². The molecule has 0 spiro atoms. The van der Waals surface area contributed by atoms with Crippen molar-refractivity contribution in [3.8, 4) is 12.1 Å². The van der Waals surface area contributed by atoms with Crippen molar-refractivity contribution in [2.24, 2.45) is 28.0 Å². The number of hydrogen-bond donors (Lipinski definition) is 1. The SMILES string of the molecule is CCCCC(CC)COC(=O)c1cc(C#N)c(N=Nc2ccc(N(CC(CC)CCCC)CC(CC)CCCC)cc2NC(=O)CC)c(C#N)c1. The molecule has 0 radical (unpaired) electrons. The quantitative estimate of drug-likeness (QED) is 0.0857. The molecule has 3 unspecified atom stereocenters. The summed E-state index contributed by atoms with van der Waals surface area (Å²) < 4.78 is 5.58. The molecule has 2 aromatic carbocycles. The van der Waals surface area contributed by atoms with E-state index in [2.05, 4.69) is 74.1 Å². The number of nitrogens with zero attached hydrogens (tertiary/aromatic N) is 5. The lowest BCUT2D eigenvalue weighted by molar-refractivity contribution is -0.115. The fraction of sp³-hybridized carbons (Fsp3) is 0.619. The summed E-state index contributed by atoms with van der Waals surface area (Å²) in [5.74, 6) is 0.648. The summed E-state index contributed by atoms with van der Waals surface area (Å²) in [4.78, 5) is 28.2. The van der Waals surface area contributed by atoms with Crippen molar-refractivity contribution in [3.05, 3.63) is 47.0 Å². The minimum absolute atomic E-state index is 0.0417. The zero-order chi connectivity index (χ0) is 37.6. The van der Waals surface area contributed by atoms with Gasteiger partial charge in [0.15, 0.2) is 0 Å². The predicted molar refractivity (Wildman–Crippen MR) is 208 cm³/mol. The summed E-state index contributed by atoms with van der Waals surface area (Å²) in [6.45, 7) is 17.2. The van der Waals surface area contributed by atoms with Gasteiger partial charge in [0.05, 0.1) is 29.0 Å². The molecule has 1 N–H and O–H groups in total. The molecule has 0 aliphatic carbocycles. The van der Waals surface area contributed by atoms with E-state index in [-0.39, 0.29) is 40.8 Å². The third kappa shape index (κ3) is 14.1. The highest BCUT2D eigenvalue weighted by Crippen LogP contribution is 2.35. The van der Waals surface area contributed by atoms with Crippen LogP contribution in [0.1, 0.15) is 153 Å². The van der Waals surface area contributed by atoms with Gasteiger partial charge in [0, 0.05) is 25.2 Å². The molecule has 0 aromatic heterocycles. The molecule has 1 amide bonds. The minimum Gasteiger partial charge on any atom is -0.462 e. The first-order chi connectivity index (χ1) is 24.7. The summed E-state index contributed by atoms with van der Waals surface area (Å²) in [6.07, 6.45) is 13.6. The lowest BCUT2D eigenvalue weighted by Gasteiger charge is -2.33. The largest absolute Gasteiger partial charge is 0.462 e. The van der Waals surface area contributed by atoms with Gasteiger partial charge in [-0.1, -0.05) is 106 Å². The van der Waals surface area contributed by atoms with Crippen LogP contribution in [0.25, 0.3) is 0 Å². The number of hydrogen-bond acceptors (Lipinski definition) is 8. The van der Waals surface area contributed by atoms with Gasteiger partial charge in [-0.25, -0.2) is 4.79 Å². The van der Waals surface area contributed by atoms with E-state index in [9.17, 15) is 20.1 Å². The number of ether oxygens (including phenoxy) is 1. The number of benzene rings is 2. The van der Waals surface area contributed by atoms with E-state index in [1.807, 2.05) is 18.2 Å². The summed E-state index contributed by atoms with van der Waals surface area (Å²) >= 11 is 0. The zero-order valence-electron chi connectivity index (χ0n) is 32.4. The Morgan fingerprint density at radius 3 is 1.76 bits per heavy atom. The van der Waals surface area contributed by atoms with Crippen molar-refractivity contribution in [2.45, 2.75) is 132 Å². The van der Waals surface area contributed by atoms with Crippen molar-refractivity contribution in [1.82, 2.24) is 0 Å². The van der Waals surface area contributed by atoms with Gasteiger partial charge in [0.1, 0.15) is 23.5 Å². The van der Waals surface area contributed by atoms with Crippen LogP contribution >= 0.6 is 0 Å². The molecule has 0 aliphatic heterocycles. The van der Waals surface area contributed by atoms with Crippen LogP contribution in [-0.2, 0) is 9.53 Å². The van der Waals surface area contributed by atoms with Gasteiger partial charge in [0.2, 0.25) is 5.91 Å². The van der Waals surface area contributed by atoms with Crippen molar-refractivity contribution in [2.75, 3.05) is 29.9 Å². The van der Waals surface area contributed by atoms with Crippen LogP contribution < -0.4 is 10.2 Å². The van der Waals surface area contributed by atoms with Gasteiger partial charge in [-0.15, -0.1) is 10.2 Å². The van der Waals surface area contributed by atoms with Crippen molar-refractivity contribution in [1.29, 1.82) is 10.5 Å². The molecule has 9 heteroatoms. The minimum atomic E-state index is -0.578. The van der Waals surface area contributed by atoms with Gasteiger partial charge in [-0.2, -0.15) is 10.5 Å². The topological polar surface area (TPSA) is 131 Å². The fourth-order valence-corrected chi connectivity index (χ4v) is 6.20. The molecule has 0 aliphatic rings. The van der Waals surface area contributed by atoms with Crippen LogP contribution in [0.15, 0.2) is 40.6 Å². The zero-order valence-corrected chi connectivity index (χ0v) is 32.4. The van der Waals surface area contributed by atoms with E-state index in [1.54, 1.807) is 6.92 Å². The van der Waals surface area contributed by atoms with Crippen LogP contribution in [0.2, 0.25) is 0 Å². The molecule has 278 valence electrons. The van der Waals surface area contributed by atoms with Crippen LogP contribution in [0, 0.1) is 40.4 Å². The number of nitriles is 2. The van der Waals surface area contributed by atoms with Crippen molar-refractivity contribution in [3.63, 3.8) is 0 Å². The predicted octanol–water partition coefficient (Wildman–Crippen LogP) is 11.8. The molecule has 9 nitrogen and oxygen atoms in total.